The van der Waals surface area contributed by atoms with Gasteiger partial charge in [-0.25, -0.2) is 0 Å². The van der Waals surface area contributed by atoms with Crippen molar-refractivity contribution in [2.75, 3.05) is 0 Å². The molecule has 1 unspecified atom stereocenters. The third-order valence-electron chi connectivity index (χ3n) is 1.53. The molecule has 0 aromatic carbocycles. The van der Waals surface area contributed by atoms with Crippen LogP contribution in [0.15, 0.2) is 0 Å². The van der Waals surface area contributed by atoms with Gasteiger partial charge in [0, 0.05) is 6.42 Å². The Morgan fingerprint density at radius 1 is 1.42 bits per heavy atom. The minimum absolute atomic E-state index is 0.00118. The molecule has 0 rings (SSSR count). The summed E-state index contributed by atoms with van der Waals surface area (Å²) in [5.41, 5.74) is 0. The SMILES string of the molecule is CCCCCCC(=O)OC(C)I. The Morgan fingerprint density at radius 2 is 2.08 bits per heavy atom. The second kappa shape index (κ2) is 7.83. The predicted molar refractivity (Wildman–Crippen MR) is 58.3 cm³/mol. The van der Waals surface area contributed by atoms with Crippen LogP contribution in [-0.4, -0.2) is 10.1 Å². The number of unbranched alkanes of at least 4 members (excludes halogenated alkanes) is 3. The summed E-state index contributed by atoms with van der Waals surface area (Å²) in [6.07, 6.45) is 5.11. The van der Waals surface area contributed by atoms with Crippen LogP contribution in [0.5, 0.6) is 0 Å². The van der Waals surface area contributed by atoms with E-state index in [1.54, 1.807) is 0 Å². The van der Waals surface area contributed by atoms with E-state index >= 15 is 0 Å². The molecule has 1 atom stereocenters. The highest BCUT2D eigenvalue weighted by Crippen LogP contribution is 2.07. The fourth-order valence-electron chi connectivity index (χ4n) is 0.936. The van der Waals surface area contributed by atoms with E-state index in [0.717, 1.165) is 12.8 Å². The molecule has 0 aliphatic heterocycles. The molecule has 0 spiro atoms. The van der Waals surface area contributed by atoms with Crippen molar-refractivity contribution in [2.24, 2.45) is 0 Å². The lowest BCUT2D eigenvalue weighted by Gasteiger charge is -2.05. The van der Waals surface area contributed by atoms with E-state index in [-0.39, 0.29) is 10.1 Å². The summed E-state index contributed by atoms with van der Waals surface area (Å²) in [5, 5.41) is 0. The number of esters is 1. The molecule has 0 aliphatic rings. The van der Waals surface area contributed by atoms with Crippen molar-refractivity contribution >= 4 is 28.6 Å². The van der Waals surface area contributed by atoms with Crippen LogP contribution in [-0.2, 0) is 9.53 Å². The summed E-state index contributed by atoms with van der Waals surface area (Å²) in [4.78, 5) is 11.0. The van der Waals surface area contributed by atoms with Crippen molar-refractivity contribution < 1.29 is 9.53 Å². The number of alkyl halides is 1. The lowest BCUT2D eigenvalue weighted by Crippen LogP contribution is -2.08. The molecule has 0 saturated carbocycles. The maximum absolute atomic E-state index is 11.0. The van der Waals surface area contributed by atoms with Gasteiger partial charge in [0.05, 0.1) is 0 Å². The van der Waals surface area contributed by atoms with Crippen molar-refractivity contribution in [3.05, 3.63) is 0 Å². The van der Waals surface area contributed by atoms with Gasteiger partial charge in [0.2, 0.25) is 0 Å². The van der Waals surface area contributed by atoms with Gasteiger partial charge in [0.25, 0.3) is 0 Å². The Kier molecular flexibility index (Phi) is 7.96. The number of ether oxygens (including phenoxy) is 1. The van der Waals surface area contributed by atoms with E-state index in [0.29, 0.717) is 6.42 Å². The summed E-state index contributed by atoms with van der Waals surface area (Å²) in [7, 11) is 0. The molecule has 0 radical (unpaired) electrons. The predicted octanol–water partition coefficient (Wildman–Crippen LogP) is 3.28. The van der Waals surface area contributed by atoms with Crippen molar-refractivity contribution in [3.63, 3.8) is 0 Å². The topological polar surface area (TPSA) is 26.3 Å². The molecule has 0 aliphatic carbocycles. The largest absolute Gasteiger partial charge is 0.452 e. The van der Waals surface area contributed by atoms with Crippen molar-refractivity contribution in [1.29, 1.82) is 0 Å². The number of carbonyl (C=O) groups excluding carboxylic acids is 1. The summed E-state index contributed by atoms with van der Waals surface area (Å²) in [5.74, 6) is -0.0620. The van der Waals surface area contributed by atoms with Crippen molar-refractivity contribution in [1.82, 2.24) is 0 Å². The molecule has 72 valence electrons. The number of hydrogen-bond donors (Lipinski definition) is 0. The first-order valence-corrected chi connectivity index (χ1v) is 5.75. The first kappa shape index (κ1) is 12.2. The van der Waals surface area contributed by atoms with Gasteiger partial charge in [-0.3, -0.25) is 4.79 Å². The summed E-state index contributed by atoms with van der Waals surface area (Å²) < 4.78 is 4.98. The number of rotatable bonds is 6. The molecule has 12 heavy (non-hydrogen) atoms. The fourth-order valence-corrected chi connectivity index (χ4v) is 1.22. The van der Waals surface area contributed by atoms with Crippen LogP contribution in [0.2, 0.25) is 0 Å². The standard InChI is InChI=1S/C9H17IO2/c1-3-4-5-6-7-9(11)12-8(2)10/h8H,3-7H2,1-2H3. The van der Waals surface area contributed by atoms with Gasteiger partial charge in [-0.2, -0.15) is 0 Å². The molecule has 0 saturated heterocycles. The van der Waals surface area contributed by atoms with E-state index in [1.807, 2.05) is 6.92 Å². The highest BCUT2D eigenvalue weighted by molar-refractivity contribution is 14.1. The molecular weight excluding hydrogens is 267 g/mol. The average molecular weight is 284 g/mol. The summed E-state index contributed by atoms with van der Waals surface area (Å²) >= 11 is 2.08. The van der Waals surface area contributed by atoms with Crippen LogP contribution in [0.25, 0.3) is 0 Å². The maximum atomic E-state index is 11.0. The Labute approximate surface area is 88.2 Å². The van der Waals surface area contributed by atoms with Gasteiger partial charge in [-0.1, -0.05) is 26.2 Å². The smallest absolute Gasteiger partial charge is 0.306 e. The van der Waals surface area contributed by atoms with Gasteiger partial charge in [-0.15, -0.1) is 0 Å². The van der Waals surface area contributed by atoms with Crippen LogP contribution in [0.1, 0.15) is 46.0 Å². The van der Waals surface area contributed by atoms with Gasteiger partial charge < -0.3 is 4.74 Å². The normalized spacial score (nSPS) is 12.6. The Bertz CT molecular complexity index is 124. The second-order valence-corrected chi connectivity index (χ2v) is 4.60. The molecule has 0 aromatic heterocycles. The number of halogens is 1. The Balaban J connectivity index is 3.20. The molecule has 0 N–H and O–H groups in total. The van der Waals surface area contributed by atoms with Gasteiger partial charge >= 0.3 is 5.97 Å². The molecule has 3 heteroatoms. The zero-order valence-electron chi connectivity index (χ0n) is 7.81. The number of carbonyl (C=O) groups is 1. The van der Waals surface area contributed by atoms with E-state index in [2.05, 4.69) is 29.5 Å². The van der Waals surface area contributed by atoms with Gasteiger partial charge in [0.1, 0.15) is 4.11 Å². The quantitative estimate of drug-likeness (QED) is 0.324. The molecule has 0 amide bonds. The van der Waals surface area contributed by atoms with E-state index < -0.39 is 0 Å². The molecule has 0 aromatic rings. The zero-order chi connectivity index (χ0) is 9.40. The molecule has 0 heterocycles. The van der Waals surface area contributed by atoms with Crippen LogP contribution in [0.4, 0.5) is 0 Å². The summed E-state index contributed by atoms with van der Waals surface area (Å²) in [6, 6.07) is 0. The van der Waals surface area contributed by atoms with Gasteiger partial charge in [-0.05, 0) is 35.9 Å². The number of hydrogen-bond acceptors (Lipinski definition) is 2. The fraction of sp³-hybridized carbons (Fsp3) is 0.889. The van der Waals surface area contributed by atoms with Crippen molar-refractivity contribution in [3.8, 4) is 0 Å². The third-order valence-corrected chi connectivity index (χ3v) is 1.78. The molecular formula is C9H17IO2. The minimum Gasteiger partial charge on any atom is -0.452 e. The van der Waals surface area contributed by atoms with Crippen LogP contribution < -0.4 is 0 Å². The second-order valence-electron chi connectivity index (χ2n) is 2.84. The lowest BCUT2D eigenvalue weighted by molar-refractivity contribution is -0.144. The van der Waals surface area contributed by atoms with Crippen molar-refractivity contribution in [2.45, 2.75) is 50.1 Å². The summed E-state index contributed by atoms with van der Waals surface area (Å²) in [6.45, 7) is 4.02. The minimum atomic E-state index is -0.0620. The van der Waals surface area contributed by atoms with E-state index in [9.17, 15) is 4.79 Å². The first-order valence-electron chi connectivity index (χ1n) is 4.50. The van der Waals surface area contributed by atoms with Crippen LogP contribution in [0, 0.1) is 0 Å². The maximum Gasteiger partial charge on any atom is 0.306 e. The molecule has 0 bridgehead atoms. The molecule has 2 nitrogen and oxygen atoms in total. The highest BCUT2D eigenvalue weighted by Gasteiger charge is 2.04. The highest BCUT2D eigenvalue weighted by atomic mass is 127. The average Bonchev–Trinajstić information content (AvgIpc) is 1.97. The first-order chi connectivity index (χ1) is 5.66. The van der Waals surface area contributed by atoms with Crippen LogP contribution >= 0.6 is 22.6 Å². The zero-order valence-corrected chi connectivity index (χ0v) is 9.96. The van der Waals surface area contributed by atoms with E-state index in [4.69, 9.17) is 4.74 Å². The Morgan fingerprint density at radius 3 is 2.58 bits per heavy atom. The monoisotopic (exact) mass is 284 g/mol. The van der Waals surface area contributed by atoms with Gasteiger partial charge in [0.15, 0.2) is 0 Å². The molecule has 0 fully saturated rings. The lowest BCUT2D eigenvalue weighted by atomic mass is 10.2. The Hall–Kier alpha value is 0.200. The van der Waals surface area contributed by atoms with Crippen LogP contribution in [0.3, 0.4) is 0 Å². The third kappa shape index (κ3) is 8.30. The van der Waals surface area contributed by atoms with E-state index in [1.165, 1.54) is 12.8 Å².